The van der Waals surface area contributed by atoms with Gasteiger partial charge in [-0.3, -0.25) is 9.59 Å². The van der Waals surface area contributed by atoms with Crippen LogP contribution in [0.2, 0.25) is 0 Å². The van der Waals surface area contributed by atoms with Crippen LogP contribution >= 0.6 is 0 Å². The summed E-state index contributed by atoms with van der Waals surface area (Å²) in [4.78, 5) is 24.4. The first kappa shape index (κ1) is 21.9. The van der Waals surface area contributed by atoms with E-state index in [4.69, 9.17) is 5.73 Å². The highest BCUT2D eigenvalue weighted by atomic mass is 16.3. The number of rotatable bonds is 13. The van der Waals surface area contributed by atoms with Crippen molar-refractivity contribution in [2.45, 2.75) is 45.1 Å². The Morgan fingerprint density at radius 2 is 1.81 bits per heavy atom. The van der Waals surface area contributed by atoms with Gasteiger partial charge in [0.15, 0.2) is 0 Å². The predicted molar refractivity (Wildman–Crippen MR) is 103 cm³/mol. The smallest absolute Gasteiger partial charge is 0.242 e. The minimum absolute atomic E-state index is 0.130. The maximum Gasteiger partial charge on any atom is 0.242 e. The van der Waals surface area contributed by atoms with E-state index in [1.54, 1.807) is 24.3 Å². The fraction of sp³-hybridized carbons (Fsp3) is 0.579. The molecule has 0 radical (unpaired) electrons. The van der Waals surface area contributed by atoms with E-state index in [-0.39, 0.29) is 17.6 Å². The SMILES string of the molecule is CCCC(=O)NC(Cc1ccc(O)cc1)C(=O)NCCCNCCCN. The number of nitrogens with one attached hydrogen (secondary N) is 3. The molecule has 26 heavy (non-hydrogen) atoms. The molecule has 146 valence electrons. The minimum Gasteiger partial charge on any atom is -0.508 e. The Bertz CT molecular complexity index is 534. The molecule has 0 aliphatic heterocycles. The van der Waals surface area contributed by atoms with Crippen molar-refractivity contribution in [2.24, 2.45) is 5.73 Å². The summed E-state index contributed by atoms with van der Waals surface area (Å²) in [5.41, 5.74) is 6.31. The number of hydrogen-bond acceptors (Lipinski definition) is 5. The number of hydrogen-bond donors (Lipinski definition) is 5. The van der Waals surface area contributed by atoms with E-state index in [2.05, 4.69) is 16.0 Å². The Balaban J connectivity index is 2.49. The van der Waals surface area contributed by atoms with E-state index in [9.17, 15) is 14.7 Å². The lowest BCUT2D eigenvalue weighted by Gasteiger charge is -2.19. The van der Waals surface area contributed by atoms with Crippen molar-refractivity contribution in [3.05, 3.63) is 29.8 Å². The van der Waals surface area contributed by atoms with Crippen molar-refractivity contribution < 1.29 is 14.7 Å². The van der Waals surface area contributed by atoms with E-state index in [0.717, 1.165) is 37.9 Å². The van der Waals surface area contributed by atoms with Crippen molar-refractivity contribution in [2.75, 3.05) is 26.2 Å². The molecule has 0 spiro atoms. The van der Waals surface area contributed by atoms with Crippen molar-refractivity contribution in [3.63, 3.8) is 0 Å². The summed E-state index contributed by atoms with van der Waals surface area (Å²) < 4.78 is 0. The quantitative estimate of drug-likeness (QED) is 0.330. The van der Waals surface area contributed by atoms with Crippen LogP contribution in [-0.2, 0) is 16.0 Å². The molecule has 0 heterocycles. The highest BCUT2D eigenvalue weighted by Crippen LogP contribution is 2.11. The zero-order valence-corrected chi connectivity index (χ0v) is 15.6. The minimum atomic E-state index is -0.621. The number of amides is 2. The van der Waals surface area contributed by atoms with Gasteiger partial charge in [0.2, 0.25) is 11.8 Å². The molecule has 1 rings (SSSR count). The first-order valence-electron chi connectivity index (χ1n) is 9.32. The molecule has 2 amide bonds. The molecule has 0 aliphatic carbocycles. The van der Waals surface area contributed by atoms with Crippen LogP contribution in [0.1, 0.15) is 38.2 Å². The Labute approximate surface area is 155 Å². The third kappa shape index (κ3) is 9.39. The standard InChI is InChI=1S/C19H32N4O3/c1-2-5-18(25)23-17(14-15-6-8-16(24)9-7-15)19(26)22-13-4-12-21-11-3-10-20/h6-9,17,21,24H,2-5,10-14,20H2,1H3,(H,22,26)(H,23,25). The van der Waals surface area contributed by atoms with Crippen LogP contribution in [-0.4, -0.2) is 49.1 Å². The average molecular weight is 364 g/mol. The molecule has 0 saturated carbocycles. The molecule has 0 aliphatic rings. The van der Waals surface area contributed by atoms with Crippen molar-refractivity contribution in [1.29, 1.82) is 0 Å². The Hall–Kier alpha value is -2.12. The summed E-state index contributed by atoms with van der Waals surface area (Å²) in [7, 11) is 0. The van der Waals surface area contributed by atoms with Gasteiger partial charge in [-0.1, -0.05) is 19.1 Å². The summed E-state index contributed by atoms with van der Waals surface area (Å²) in [5, 5.41) is 18.3. The second-order valence-electron chi connectivity index (χ2n) is 6.28. The van der Waals surface area contributed by atoms with Gasteiger partial charge in [-0.15, -0.1) is 0 Å². The van der Waals surface area contributed by atoms with Gasteiger partial charge in [0.05, 0.1) is 0 Å². The monoisotopic (exact) mass is 364 g/mol. The zero-order chi connectivity index (χ0) is 19.2. The fourth-order valence-electron chi connectivity index (χ4n) is 2.47. The van der Waals surface area contributed by atoms with Gasteiger partial charge in [-0.05, 0) is 56.6 Å². The Kier molecular flexibility index (Phi) is 11.1. The lowest BCUT2D eigenvalue weighted by Crippen LogP contribution is -2.48. The van der Waals surface area contributed by atoms with Gasteiger partial charge < -0.3 is 26.8 Å². The number of benzene rings is 1. The second kappa shape index (κ2) is 13.1. The number of phenols is 1. The topological polar surface area (TPSA) is 116 Å². The van der Waals surface area contributed by atoms with Crippen LogP contribution in [0.3, 0.4) is 0 Å². The molecule has 0 bridgehead atoms. The number of phenolic OH excluding ortho intramolecular Hbond substituents is 1. The maximum atomic E-state index is 12.5. The molecular weight excluding hydrogens is 332 g/mol. The van der Waals surface area contributed by atoms with Crippen LogP contribution in [0.25, 0.3) is 0 Å². The van der Waals surface area contributed by atoms with Gasteiger partial charge in [-0.25, -0.2) is 0 Å². The molecule has 6 N–H and O–H groups in total. The second-order valence-corrected chi connectivity index (χ2v) is 6.28. The van der Waals surface area contributed by atoms with Crippen LogP contribution in [0, 0.1) is 0 Å². The maximum absolute atomic E-state index is 12.5. The average Bonchev–Trinajstić information content (AvgIpc) is 2.62. The van der Waals surface area contributed by atoms with E-state index in [0.29, 0.717) is 25.9 Å². The van der Waals surface area contributed by atoms with Crippen molar-refractivity contribution in [1.82, 2.24) is 16.0 Å². The van der Waals surface area contributed by atoms with E-state index < -0.39 is 6.04 Å². The van der Waals surface area contributed by atoms with Crippen LogP contribution in [0.15, 0.2) is 24.3 Å². The predicted octanol–water partition coefficient (Wildman–Crippen LogP) is 0.664. The lowest BCUT2D eigenvalue weighted by atomic mass is 10.0. The highest BCUT2D eigenvalue weighted by Gasteiger charge is 2.20. The van der Waals surface area contributed by atoms with Crippen LogP contribution in [0.5, 0.6) is 5.75 Å². The van der Waals surface area contributed by atoms with Gasteiger partial charge in [-0.2, -0.15) is 0 Å². The van der Waals surface area contributed by atoms with E-state index in [1.807, 2.05) is 6.92 Å². The molecule has 1 aromatic carbocycles. The lowest BCUT2D eigenvalue weighted by molar-refractivity contribution is -0.129. The number of nitrogens with two attached hydrogens (primary N) is 1. The molecule has 7 heteroatoms. The molecule has 7 nitrogen and oxygen atoms in total. The van der Waals surface area contributed by atoms with Gasteiger partial charge in [0, 0.05) is 19.4 Å². The number of aromatic hydroxyl groups is 1. The molecule has 1 aromatic rings. The van der Waals surface area contributed by atoms with E-state index in [1.165, 1.54) is 0 Å². The Morgan fingerprint density at radius 1 is 1.12 bits per heavy atom. The zero-order valence-electron chi connectivity index (χ0n) is 15.6. The molecular formula is C19H32N4O3. The fourth-order valence-corrected chi connectivity index (χ4v) is 2.47. The van der Waals surface area contributed by atoms with Crippen molar-refractivity contribution in [3.8, 4) is 5.75 Å². The van der Waals surface area contributed by atoms with E-state index >= 15 is 0 Å². The Morgan fingerprint density at radius 3 is 2.46 bits per heavy atom. The molecule has 1 atom stereocenters. The first-order chi connectivity index (χ1) is 12.6. The summed E-state index contributed by atoms with van der Waals surface area (Å²) in [6.45, 7) is 4.82. The van der Waals surface area contributed by atoms with Gasteiger partial charge in [0.1, 0.15) is 11.8 Å². The third-order valence-electron chi connectivity index (χ3n) is 3.89. The summed E-state index contributed by atoms with van der Waals surface area (Å²) >= 11 is 0. The van der Waals surface area contributed by atoms with Crippen molar-refractivity contribution >= 4 is 11.8 Å². The number of carbonyl (C=O) groups is 2. The molecule has 0 saturated heterocycles. The normalized spacial score (nSPS) is 11.8. The highest BCUT2D eigenvalue weighted by molar-refractivity contribution is 5.87. The summed E-state index contributed by atoms with van der Waals surface area (Å²) in [5.74, 6) is -0.147. The van der Waals surface area contributed by atoms with Gasteiger partial charge >= 0.3 is 0 Å². The number of carbonyl (C=O) groups excluding carboxylic acids is 2. The summed E-state index contributed by atoms with van der Waals surface area (Å²) in [6, 6.07) is 6.03. The molecule has 1 unspecified atom stereocenters. The molecule has 0 fully saturated rings. The molecule has 0 aromatic heterocycles. The van der Waals surface area contributed by atoms with Crippen LogP contribution < -0.4 is 21.7 Å². The largest absolute Gasteiger partial charge is 0.508 e. The first-order valence-corrected chi connectivity index (χ1v) is 9.32. The third-order valence-corrected chi connectivity index (χ3v) is 3.89. The van der Waals surface area contributed by atoms with Gasteiger partial charge in [0.25, 0.3) is 0 Å². The summed E-state index contributed by atoms with van der Waals surface area (Å²) in [6.07, 6.45) is 3.25. The van der Waals surface area contributed by atoms with Crippen LogP contribution in [0.4, 0.5) is 0 Å².